The predicted molar refractivity (Wildman–Crippen MR) is 141 cm³/mol. The van der Waals surface area contributed by atoms with Crippen LogP contribution in [0.15, 0.2) is 61.3 Å². The Morgan fingerprint density at radius 2 is 1.81 bits per heavy atom. The molecule has 4 aromatic rings. The number of benzene rings is 1. The normalized spacial score (nSPS) is 18.3. The molecule has 1 aliphatic heterocycles. The maximum Gasteiger partial charge on any atom is 0.410 e. The monoisotopic (exact) mass is 502 g/mol. The number of piperazine rings is 1. The molecule has 0 unspecified atom stereocenters. The Bertz CT molecular complexity index is 1430. The SMILES string of the molecule is C[C@@H]1CN(c2ncnc3c2c(-c2ccccc2F)cn3-c2cccnc2)[C@@H](C)CN1C(=O)OC(C)(C)C. The minimum Gasteiger partial charge on any atom is -0.444 e. The number of carbonyl (C=O) groups is 1. The summed E-state index contributed by atoms with van der Waals surface area (Å²) >= 11 is 0. The van der Waals surface area contributed by atoms with Crippen LogP contribution in [-0.2, 0) is 4.74 Å². The van der Waals surface area contributed by atoms with E-state index in [0.717, 1.165) is 11.1 Å². The molecule has 37 heavy (non-hydrogen) atoms. The molecule has 8 nitrogen and oxygen atoms in total. The summed E-state index contributed by atoms with van der Waals surface area (Å²) in [6.45, 7) is 10.7. The van der Waals surface area contributed by atoms with Gasteiger partial charge in [-0.3, -0.25) is 9.55 Å². The van der Waals surface area contributed by atoms with Gasteiger partial charge < -0.3 is 14.5 Å². The zero-order valence-corrected chi connectivity index (χ0v) is 21.7. The third-order valence-electron chi connectivity index (χ3n) is 6.54. The van der Waals surface area contributed by atoms with Crippen LogP contribution in [0.25, 0.3) is 27.8 Å². The Kier molecular flexibility index (Phi) is 6.31. The highest BCUT2D eigenvalue weighted by atomic mass is 19.1. The fourth-order valence-corrected chi connectivity index (χ4v) is 4.84. The molecule has 0 aliphatic carbocycles. The fraction of sp³-hybridized carbons (Fsp3) is 0.357. The van der Waals surface area contributed by atoms with Crippen LogP contribution in [0.1, 0.15) is 34.6 Å². The predicted octanol–water partition coefficient (Wildman–Crippen LogP) is 5.46. The second kappa shape index (κ2) is 9.46. The van der Waals surface area contributed by atoms with Gasteiger partial charge >= 0.3 is 6.09 Å². The number of nitrogens with zero attached hydrogens (tertiary/aromatic N) is 6. The molecule has 0 N–H and O–H groups in total. The van der Waals surface area contributed by atoms with Gasteiger partial charge in [0.15, 0.2) is 5.65 Å². The summed E-state index contributed by atoms with van der Waals surface area (Å²) in [7, 11) is 0. The smallest absolute Gasteiger partial charge is 0.410 e. The molecule has 9 heteroatoms. The van der Waals surface area contributed by atoms with E-state index in [9.17, 15) is 4.79 Å². The van der Waals surface area contributed by atoms with Crippen molar-refractivity contribution >= 4 is 22.9 Å². The summed E-state index contributed by atoms with van der Waals surface area (Å²) in [4.78, 5) is 30.4. The molecule has 0 saturated carbocycles. The van der Waals surface area contributed by atoms with Crippen molar-refractivity contribution in [3.05, 3.63) is 67.1 Å². The lowest BCUT2D eigenvalue weighted by atomic mass is 10.0. The van der Waals surface area contributed by atoms with Crippen molar-refractivity contribution in [2.24, 2.45) is 0 Å². The van der Waals surface area contributed by atoms with E-state index in [0.29, 0.717) is 35.7 Å². The lowest BCUT2D eigenvalue weighted by Gasteiger charge is -2.44. The average molecular weight is 503 g/mol. The van der Waals surface area contributed by atoms with Gasteiger partial charge in [0.25, 0.3) is 0 Å². The maximum atomic E-state index is 15.1. The minimum atomic E-state index is -0.570. The number of halogens is 1. The molecule has 3 aromatic heterocycles. The highest BCUT2D eigenvalue weighted by Gasteiger charge is 2.36. The zero-order valence-electron chi connectivity index (χ0n) is 21.7. The summed E-state index contributed by atoms with van der Waals surface area (Å²) in [6, 6.07) is 10.3. The van der Waals surface area contributed by atoms with E-state index in [1.807, 2.05) is 56.7 Å². The van der Waals surface area contributed by atoms with Crippen molar-refractivity contribution in [2.45, 2.75) is 52.3 Å². The van der Waals surface area contributed by atoms with Crippen molar-refractivity contribution in [3.8, 4) is 16.8 Å². The van der Waals surface area contributed by atoms with Gasteiger partial charge in [-0.25, -0.2) is 19.2 Å². The van der Waals surface area contributed by atoms with Crippen LogP contribution >= 0.6 is 0 Å². The molecule has 2 atom stereocenters. The van der Waals surface area contributed by atoms with E-state index >= 15 is 4.39 Å². The molecule has 1 aromatic carbocycles. The number of pyridine rings is 1. The molecule has 1 amide bonds. The second-order valence-corrected chi connectivity index (χ2v) is 10.5. The Morgan fingerprint density at radius 3 is 2.51 bits per heavy atom. The molecule has 1 fully saturated rings. The molecule has 0 radical (unpaired) electrons. The van der Waals surface area contributed by atoms with Crippen LogP contribution in [-0.4, -0.2) is 61.3 Å². The summed E-state index contributed by atoms with van der Waals surface area (Å²) in [6.07, 6.45) is 6.56. The van der Waals surface area contributed by atoms with E-state index in [1.165, 1.54) is 12.4 Å². The summed E-state index contributed by atoms with van der Waals surface area (Å²) in [5.41, 5.74) is 2.07. The molecule has 1 saturated heterocycles. The van der Waals surface area contributed by atoms with E-state index < -0.39 is 5.60 Å². The number of rotatable bonds is 3. The molecule has 192 valence electrons. The average Bonchev–Trinajstić information content (AvgIpc) is 3.25. The Labute approximate surface area is 215 Å². The van der Waals surface area contributed by atoms with Gasteiger partial charge in [0.1, 0.15) is 23.6 Å². The maximum absolute atomic E-state index is 15.1. The third kappa shape index (κ3) is 4.73. The molecule has 0 bridgehead atoms. The Balaban J connectivity index is 1.62. The van der Waals surface area contributed by atoms with Crippen molar-refractivity contribution in [1.29, 1.82) is 0 Å². The van der Waals surface area contributed by atoms with Crippen LogP contribution in [0, 0.1) is 5.82 Å². The number of hydrogen-bond acceptors (Lipinski definition) is 6. The lowest BCUT2D eigenvalue weighted by molar-refractivity contribution is 0.0130. The van der Waals surface area contributed by atoms with Gasteiger partial charge in [0.2, 0.25) is 0 Å². The quantitative estimate of drug-likeness (QED) is 0.371. The number of carbonyl (C=O) groups excluding carboxylic acids is 1. The van der Waals surface area contributed by atoms with Crippen LogP contribution in [0.3, 0.4) is 0 Å². The molecule has 1 aliphatic rings. The van der Waals surface area contributed by atoms with Crippen molar-refractivity contribution < 1.29 is 13.9 Å². The van der Waals surface area contributed by atoms with Crippen LogP contribution in [0.4, 0.5) is 15.0 Å². The molecular formula is C28H31FN6O2. The largest absolute Gasteiger partial charge is 0.444 e. The summed E-state index contributed by atoms with van der Waals surface area (Å²) < 4.78 is 22.6. The zero-order chi connectivity index (χ0) is 26.3. The van der Waals surface area contributed by atoms with Crippen LogP contribution < -0.4 is 4.90 Å². The molecule has 0 spiro atoms. The van der Waals surface area contributed by atoms with Gasteiger partial charge in [-0.2, -0.15) is 0 Å². The summed E-state index contributed by atoms with van der Waals surface area (Å²) in [5, 5.41) is 0.751. The lowest BCUT2D eigenvalue weighted by Crippen LogP contribution is -2.59. The first-order valence-electron chi connectivity index (χ1n) is 12.4. The highest BCUT2D eigenvalue weighted by molar-refractivity contribution is 6.02. The van der Waals surface area contributed by atoms with Crippen molar-refractivity contribution in [1.82, 2.24) is 24.4 Å². The number of anilines is 1. The molecule has 5 rings (SSSR count). The van der Waals surface area contributed by atoms with E-state index in [4.69, 9.17) is 9.72 Å². The topological polar surface area (TPSA) is 76.4 Å². The minimum absolute atomic E-state index is 0.0583. The molecular weight excluding hydrogens is 471 g/mol. The standard InChI is InChI=1S/C28H31FN6O2/c1-18-15-34(27(36)37-28(3,4)5)19(2)14-33(18)25-24-22(21-10-6-7-11-23(21)29)16-35(26(24)32-17-31-25)20-9-8-12-30-13-20/h6-13,16-19H,14-15H2,1-5H3/t18-,19+/m0/s1. The highest BCUT2D eigenvalue weighted by Crippen LogP contribution is 2.39. The second-order valence-electron chi connectivity index (χ2n) is 10.5. The first-order chi connectivity index (χ1) is 17.6. The van der Waals surface area contributed by atoms with E-state index in [1.54, 1.807) is 29.4 Å². The fourth-order valence-electron chi connectivity index (χ4n) is 4.84. The first kappa shape index (κ1) is 24.7. The number of amides is 1. The molecule has 4 heterocycles. The van der Waals surface area contributed by atoms with Crippen molar-refractivity contribution in [3.63, 3.8) is 0 Å². The van der Waals surface area contributed by atoms with Crippen LogP contribution in [0.5, 0.6) is 0 Å². The van der Waals surface area contributed by atoms with Crippen LogP contribution in [0.2, 0.25) is 0 Å². The first-order valence-corrected chi connectivity index (χ1v) is 12.4. The van der Waals surface area contributed by atoms with E-state index in [2.05, 4.69) is 21.8 Å². The van der Waals surface area contributed by atoms with Gasteiger partial charge in [0.05, 0.1) is 17.3 Å². The Morgan fingerprint density at radius 1 is 1.03 bits per heavy atom. The number of fused-ring (bicyclic) bond motifs is 1. The number of ether oxygens (including phenoxy) is 1. The number of aromatic nitrogens is 4. The van der Waals surface area contributed by atoms with Gasteiger partial charge in [-0.1, -0.05) is 18.2 Å². The Hall–Kier alpha value is -4.01. The third-order valence-corrected chi connectivity index (χ3v) is 6.54. The van der Waals surface area contributed by atoms with Gasteiger partial charge in [-0.15, -0.1) is 0 Å². The van der Waals surface area contributed by atoms with Gasteiger partial charge in [-0.05, 0) is 52.8 Å². The van der Waals surface area contributed by atoms with Gasteiger partial charge in [0, 0.05) is 48.7 Å². The summed E-state index contributed by atoms with van der Waals surface area (Å²) in [5.74, 6) is 0.382. The van der Waals surface area contributed by atoms with E-state index in [-0.39, 0.29) is 24.0 Å². The number of hydrogen-bond donors (Lipinski definition) is 0. The van der Waals surface area contributed by atoms with Crippen molar-refractivity contribution in [2.75, 3.05) is 18.0 Å².